The molecule has 0 aliphatic heterocycles. The van der Waals surface area contributed by atoms with Crippen LogP contribution in [-0.2, 0) is 6.42 Å². The van der Waals surface area contributed by atoms with Crippen LogP contribution in [0.1, 0.15) is 44.9 Å². The molecule has 16 heavy (non-hydrogen) atoms. The highest BCUT2D eigenvalue weighted by Gasteiger charge is 2.47. The maximum Gasteiger partial charge on any atom is 0.0377 e. The number of fused-ring (bicyclic) bond motifs is 1. The molecule has 0 spiro atoms. The van der Waals surface area contributed by atoms with Gasteiger partial charge < -0.3 is 5.32 Å². The minimum atomic E-state index is 0.274. The summed E-state index contributed by atoms with van der Waals surface area (Å²) in [4.78, 5) is 0. The van der Waals surface area contributed by atoms with Gasteiger partial charge in [-0.2, -0.15) is 0 Å². The molecule has 0 radical (unpaired) electrons. The molecule has 2 rings (SSSR count). The molecule has 1 aliphatic carbocycles. The summed E-state index contributed by atoms with van der Waals surface area (Å²) in [5.74, 6) is 0. The lowest BCUT2D eigenvalue weighted by Gasteiger charge is -2.51. The molecule has 1 aromatic rings. The second kappa shape index (κ2) is 3.59. The van der Waals surface area contributed by atoms with Crippen LogP contribution < -0.4 is 5.32 Å². The van der Waals surface area contributed by atoms with Gasteiger partial charge in [-0.1, -0.05) is 52.0 Å². The Morgan fingerprint density at radius 2 is 1.75 bits per heavy atom. The van der Waals surface area contributed by atoms with Gasteiger partial charge in [-0.05, 0) is 35.4 Å². The van der Waals surface area contributed by atoms with Crippen LogP contribution >= 0.6 is 0 Å². The second-order valence-corrected chi connectivity index (χ2v) is 6.20. The Kier molecular flexibility index (Phi) is 2.62. The van der Waals surface area contributed by atoms with Crippen LogP contribution in [0.2, 0.25) is 0 Å². The van der Waals surface area contributed by atoms with Crippen LogP contribution in [0.15, 0.2) is 24.3 Å². The van der Waals surface area contributed by atoms with Crippen molar-refractivity contribution in [3.8, 4) is 0 Å². The molecule has 1 unspecified atom stereocenters. The normalized spacial score (nSPS) is 26.2. The number of benzene rings is 1. The highest BCUT2D eigenvalue weighted by molar-refractivity contribution is 5.36. The molecule has 0 fully saturated rings. The minimum Gasteiger partial charge on any atom is -0.313 e. The SMILES string of the molecule is CNC1c2ccccc2CC(C)(C)C1(C)C. The van der Waals surface area contributed by atoms with E-state index >= 15 is 0 Å². The number of nitrogens with one attached hydrogen (secondary N) is 1. The zero-order chi connectivity index (χ0) is 12.0. The first-order chi connectivity index (χ1) is 7.40. The summed E-state index contributed by atoms with van der Waals surface area (Å²) in [6.07, 6.45) is 1.17. The van der Waals surface area contributed by atoms with Crippen molar-refractivity contribution in [2.75, 3.05) is 7.05 Å². The maximum atomic E-state index is 3.51. The maximum absolute atomic E-state index is 3.51. The van der Waals surface area contributed by atoms with Crippen LogP contribution in [0.5, 0.6) is 0 Å². The average Bonchev–Trinajstić information content (AvgIpc) is 2.19. The zero-order valence-electron chi connectivity index (χ0n) is 11.1. The number of hydrogen-bond acceptors (Lipinski definition) is 1. The van der Waals surface area contributed by atoms with Crippen molar-refractivity contribution < 1.29 is 0 Å². The predicted octanol–water partition coefficient (Wildman–Crippen LogP) is 3.56. The van der Waals surface area contributed by atoms with Crippen molar-refractivity contribution in [2.45, 2.75) is 40.2 Å². The topological polar surface area (TPSA) is 12.0 Å². The van der Waals surface area contributed by atoms with Crippen LogP contribution in [0.25, 0.3) is 0 Å². The molecule has 0 amide bonds. The van der Waals surface area contributed by atoms with Crippen molar-refractivity contribution in [1.82, 2.24) is 5.32 Å². The van der Waals surface area contributed by atoms with E-state index in [1.165, 1.54) is 17.5 Å². The van der Waals surface area contributed by atoms with E-state index in [-0.39, 0.29) is 5.41 Å². The number of hydrogen-bond donors (Lipinski definition) is 1. The van der Waals surface area contributed by atoms with Crippen molar-refractivity contribution >= 4 is 0 Å². The summed E-state index contributed by atoms with van der Waals surface area (Å²) in [5.41, 5.74) is 3.59. The van der Waals surface area contributed by atoms with Gasteiger partial charge in [0.2, 0.25) is 0 Å². The van der Waals surface area contributed by atoms with Crippen molar-refractivity contribution in [1.29, 1.82) is 0 Å². The van der Waals surface area contributed by atoms with Crippen molar-refractivity contribution in [2.24, 2.45) is 10.8 Å². The van der Waals surface area contributed by atoms with Gasteiger partial charge in [-0.25, -0.2) is 0 Å². The van der Waals surface area contributed by atoms with Crippen molar-refractivity contribution in [3.63, 3.8) is 0 Å². The van der Waals surface area contributed by atoms with E-state index in [4.69, 9.17) is 0 Å². The van der Waals surface area contributed by atoms with Gasteiger partial charge in [0.15, 0.2) is 0 Å². The van der Waals surface area contributed by atoms with E-state index in [0.29, 0.717) is 11.5 Å². The van der Waals surface area contributed by atoms with E-state index < -0.39 is 0 Å². The quantitative estimate of drug-likeness (QED) is 0.758. The third-order valence-electron chi connectivity index (χ3n) is 4.75. The molecule has 1 aromatic carbocycles. The molecule has 0 aromatic heterocycles. The smallest absolute Gasteiger partial charge is 0.0377 e. The fourth-order valence-corrected chi connectivity index (χ4v) is 2.98. The van der Waals surface area contributed by atoms with E-state index in [1.807, 2.05) is 0 Å². The number of rotatable bonds is 1. The fraction of sp³-hybridized carbons (Fsp3) is 0.600. The summed E-state index contributed by atoms with van der Waals surface area (Å²) < 4.78 is 0. The molecule has 0 saturated heterocycles. The molecule has 1 atom stereocenters. The summed E-state index contributed by atoms with van der Waals surface area (Å²) in [6, 6.07) is 9.30. The van der Waals surface area contributed by atoms with Crippen LogP contribution in [0.3, 0.4) is 0 Å². The summed E-state index contributed by atoms with van der Waals surface area (Å²) >= 11 is 0. The van der Waals surface area contributed by atoms with Gasteiger partial charge in [-0.15, -0.1) is 0 Å². The first-order valence-electron chi connectivity index (χ1n) is 6.15. The Morgan fingerprint density at radius 3 is 2.38 bits per heavy atom. The van der Waals surface area contributed by atoms with Gasteiger partial charge >= 0.3 is 0 Å². The molecule has 0 heterocycles. The van der Waals surface area contributed by atoms with Gasteiger partial charge in [0.1, 0.15) is 0 Å². The first-order valence-corrected chi connectivity index (χ1v) is 6.15. The Labute approximate surface area is 99.3 Å². The summed E-state index contributed by atoms with van der Waals surface area (Å²) in [7, 11) is 2.07. The minimum absolute atomic E-state index is 0.274. The Morgan fingerprint density at radius 1 is 1.12 bits per heavy atom. The standard InChI is InChI=1S/C15H23N/c1-14(2)10-11-8-6-7-9-12(11)13(16-5)15(14,3)4/h6-9,13,16H,10H2,1-5H3. The Balaban J connectivity index is 2.57. The Bertz CT molecular complexity index is 390. The lowest BCUT2D eigenvalue weighted by atomic mass is 9.56. The molecule has 1 N–H and O–H groups in total. The molecular weight excluding hydrogens is 194 g/mol. The summed E-state index contributed by atoms with van der Waals surface area (Å²) in [5, 5.41) is 3.51. The third kappa shape index (κ3) is 1.49. The lowest BCUT2D eigenvalue weighted by Crippen LogP contribution is -2.47. The van der Waals surface area contributed by atoms with E-state index in [9.17, 15) is 0 Å². The zero-order valence-corrected chi connectivity index (χ0v) is 11.1. The van der Waals surface area contributed by atoms with Gasteiger partial charge in [0.25, 0.3) is 0 Å². The van der Waals surface area contributed by atoms with Gasteiger partial charge in [0.05, 0.1) is 0 Å². The molecular formula is C15H23N. The monoisotopic (exact) mass is 217 g/mol. The second-order valence-electron chi connectivity index (χ2n) is 6.20. The van der Waals surface area contributed by atoms with Crippen LogP contribution in [-0.4, -0.2) is 7.05 Å². The van der Waals surface area contributed by atoms with E-state index in [1.54, 1.807) is 0 Å². The summed E-state index contributed by atoms with van der Waals surface area (Å²) in [6.45, 7) is 9.52. The molecule has 0 saturated carbocycles. The predicted molar refractivity (Wildman–Crippen MR) is 69.5 cm³/mol. The Hall–Kier alpha value is -0.820. The fourth-order valence-electron chi connectivity index (χ4n) is 2.98. The van der Waals surface area contributed by atoms with Crippen LogP contribution in [0.4, 0.5) is 0 Å². The molecule has 88 valence electrons. The molecule has 1 nitrogen and oxygen atoms in total. The first kappa shape index (κ1) is 11.7. The van der Waals surface area contributed by atoms with Gasteiger partial charge in [-0.3, -0.25) is 0 Å². The average molecular weight is 217 g/mol. The van der Waals surface area contributed by atoms with Crippen LogP contribution in [0, 0.1) is 10.8 Å². The lowest BCUT2D eigenvalue weighted by molar-refractivity contribution is 0.0495. The van der Waals surface area contributed by atoms with Gasteiger partial charge in [0, 0.05) is 6.04 Å². The third-order valence-corrected chi connectivity index (χ3v) is 4.75. The molecule has 1 heteroatoms. The van der Waals surface area contributed by atoms with E-state index in [2.05, 4.69) is 64.3 Å². The molecule has 1 aliphatic rings. The molecule has 0 bridgehead atoms. The van der Waals surface area contributed by atoms with Crippen molar-refractivity contribution in [3.05, 3.63) is 35.4 Å². The highest BCUT2D eigenvalue weighted by atomic mass is 14.9. The highest BCUT2D eigenvalue weighted by Crippen LogP contribution is 2.53. The largest absolute Gasteiger partial charge is 0.313 e. The van der Waals surface area contributed by atoms with E-state index in [0.717, 1.165) is 0 Å².